The predicted molar refractivity (Wildman–Crippen MR) is 74.2 cm³/mol. The molecule has 1 fully saturated rings. The van der Waals surface area contributed by atoms with Gasteiger partial charge in [-0.3, -0.25) is 9.59 Å². The fourth-order valence-electron chi connectivity index (χ4n) is 1.97. The first-order valence-corrected chi connectivity index (χ1v) is 7.96. The molecule has 0 radical (unpaired) electrons. The number of aromatic nitrogens is 1. The monoisotopic (exact) mass is 315 g/mol. The van der Waals surface area contributed by atoms with Crippen molar-refractivity contribution in [3.8, 4) is 0 Å². The second kappa shape index (κ2) is 6.37. The minimum Gasteiger partial charge on any atom is -0.378 e. The molecule has 1 atom stereocenters. The van der Waals surface area contributed by atoms with E-state index < -0.39 is 21.6 Å². The highest BCUT2D eigenvalue weighted by atomic mass is 32.2. The van der Waals surface area contributed by atoms with Gasteiger partial charge in [0.1, 0.15) is 0 Å². The number of morpholine rings is 1. The lowest BCUT2D eigenvalue weighted by molar-refractivity contribution is -0.136. The van der Waals surface area contributed by atoms with E-state index in [1.165, 1.54) is 13.0 Å². The van der Waals surface area contributed by atoms with E-state index in [0.29, 0.717) is 26.3 Å². The number of carbonyl (C=O) groups excluding carboxylic acids is 1. The van der Waals surface area contributed by atoms with Crippen LogP contribution in [0.5, 0.6) is 0 Å². The molecule has 116 valence electrons. The lowest BCUT2D eigenvalue weighted by Crippen LogP contribution is -2.50. The Bertz CT molecular complexity index is 643. The van der Waals surface area contributed by atoms with Crippen molar-refractivity contribution in [1.29, 1.82) is 0 Å². The molecule has 21 heavy (non-hydrogen) atoms. The molecule has 1 saturated heterocycles. The number of nitrogens with zero attached hydrogens (tertiary/aromatic N) is 1. The Hall–Kier alpha value is -1.71. The highest BCUT2D eigenvalue weighted by molar-refractivity contribution is 7.89. The summed E-state index contributed by atoms with van der Waals surface area (Å²) in [5, 5.41) is 0. The Balaban J connectivity index is 2.06. The van der Waals surface area contributed by atoms with Crippen LogP contribution in [0.2, 0.25) is 0 Å². The average Bonchev–Trinajstić information content (AvgIpc) is 2.47. The molecule has 0 bridgehead atoms. The van der Waals surface area contributed by atoms with Gasteiger partial charge < -0.3 is 14.6 Å². The van der Waals surface area contributed by atoms with Gasteiger partial charge >= 0.3 is 0 Å². The maximum absolute atomic E-state index is 12.1. The van der Waals surface area contributed by atoms with Gasteiger partial charge in [-0.1, -0.05) is 0 Å². The fraction of sp³-hybridized carbons (Fsp3) is 0.500. The molecule has 0 spiro atoms. The molecular weight excluding hydrogens is 298 g/mol. The van der Waals surface area contributed by atoms with Crippen molar-refractivity contribution in [3.63, 3.8) is 0 Å². The lowest BCUT2D eigenvalue weighted by atomic mass is 10.3. The number of aromatic amines is 1. The summed E-state index contributed by atoms with van der Waals surface area (Å²) in [6.07, 6.45) is 1.09. The second-order valence-electron chi connectivity index (χ2n) is 4.67. The molecule has 1 unspecified atom stereocenters. The molecule has 1 aromatic heterocycles. The summed E-state index contributed by atoms with van der Waals surface area (Å²) in [5.74, 6) is -0.300. The van der Waals surface area contributed by atoms with Crippen molar-refractivity contribution >= 4 is 15.9 Å². The van der Waals surface area contributed by atoms with Gasteiger partial charge in [0.15, 0.2) is 0 Å². The van der Waals surface area contributed by atoms with Crippen LogP contribution in [0, 0.1) is 0 Å². The standard InChI is InChI=1S/C12H17N3O5S/c1-9(12(17)15-4-6-20-7-5-15)14-21(18,19)10-2-3-11(16)13-8-10/h2-3,8-9,14H,4-7H2,1H3,(H,13,16). The van der Waals surface area contributed by atoms with E-state index in [9.17, 15) is 18.0 Å². The smallest absolute Gasteiger partial charge is 0.247 e. The van der Waals surface area contributed by atoms with Crippen molar-refractivity contribution < 1.29 is 17.9 Å². The SMILES string of the molecule is CC(NS(=O)(=O)c1ccc(=O)[nH]c1)C(=O)N1CCOCC1. The van der Waals surface area contributed by atoms with Crippen LogP contribution in [0.3, 0.4) is 0 Å². The molecule has 2 heterocycles. The molecule has 9 heteroatoms. The molecular formula is C12H17N3O5S. The third-order valence-electron chi connectivity index (χ3n) is 3.09. The first kappa shape index (κ1) is 15.7. The van der Waals surface area contributed by atoms with Crippen molar-refractivity contribution in [2.75, 3.05) is 26.3 Å². The maximum atomic E-state index is 12.1. The van der Waals surface area contributed by atoms with E-state index in [4.69, 9.17) is 4.74 Å². The number of hydrogen-bond acceptors (Lipinski definition) is 5. The first-order chi connectivity index (χ1) is 9.90. The van der Waals surface area contributed by atoms with Crippen LogP contribution in [0.1, 0.15) is 6.92 Å². The quantitative estimate of drug-likeness (QED) is 0.733. The summed E-state index contributed by atoms with van der Waals surface area (Å²) in [5.41, 5.74) is -0.397. The van der Waals surface area contributed by atoms with Gasteiger partial charge in [0.05, 0.1) is 24.2 Å². The zero-order valence-corrected chi connectivity index (χ0v) is 12.4. The number of amides is 1. The zero-order valence-electron chi connectivity index (χ0n) is 11.5. The van der Waals surface area contributed by atoms with E-state index in [1.807, 2.05) is 0 Å². The van der Waals surface area contributed by atoms with Crippen LogP contribution in [0.25, 0.3) is 0 Å². The Labute approximate surface area is 122 Å². The molecule has 1 amide bonds. The molecule has 1 aliphatic heterocycles. The summed E-state index contributed by atoms with van der Waals surface area (Å²) >= 11 is 0. The molecule has 8 nitrogen and oxygen atoms in total. The lowest BCUT2D eigenvalue weighted by Gasteiger charge is -2.29. The number of carbonyl (C=O) groups is 1. The summed E-state index contributed by atoms with van der Waals surface area (Å²) in [6, 6.07) is 1.41. The van der Waals surface area contributed by atoms with E-state index in [-0.39, 0.29) is 10.8 Å². The minimum atomic E-state index is -3.86. The van der Waals surface area contributed by atoms with Crippen LogP contribution in [-0.4, -0.2) is 56.6 Å². The van der Waals surface area contributed by atoms with Gasteiger partial charge in [-0.25, -0.2) is 8.42 Å². The van der Waals surface area contributed by atoms with E-state index in [2.05, 4.69) is 9.71 Å². The molecule has 1 aliphatic rings. The Morgan fingerprint density at radius 3 is 2.62 bits per heavy atom. The van der Waals surface area contributed by atoms with Gasteiger partial charge in [-0.2, -0.15) is 4.72 Å². The van der Waals surface area contributed by atoms with Crippen LogP contribution in [0.4, 0.5) is 0 Å². The van der Waals surface area contributed by atoms with Crippen LogP contribution in [-0.2, 0) is 19.6 Å². The van der Waals surface area contributed by atoms with Crippen molar-refractivity contribution in [3.05, 3.63) is 28.7 Å². The molecule has 0 aromatic carbocycles. The predicted octanol–water partition coefficient (Wildman–Crippen LogP) is -1.10. The van der Waals surface area contributed by atoms with Gasteiger partial charge in [0.2, 0.25) is 21.5 Å². The summed E-state index contributed by atoms with van der Waals surface area (Å²) < 4.78 is 31.7. The summed E-state index contributed by atoms with van der Waals surface area (Å²) in [6.45, 7) is 3.28. The number of ether oxygens (including phenoxy) is 1. The number of H-pyrrole nitrogens is 1. The van der Waals surface area contributed by atoms with Crippen LogP contribution >= 0.6 is 0 Å². The largest absolute Gasteiger partial charge is 0.378 e. The number of nitrogens with one attached hydrogen (secondary N) is 2. The number of hydrogen-bond donors (Lipinski definition) is 2. The van der Waals surface area contributed by atoms with Crippen molar-refractivity contribution in [2.24, 2.45) is 0 Å². The van der Waals surface area contributed by atoms with Crippen LogP contribution in [0.15, 0.2) is 28.0 Å². The highest BCUT2D eigenvalue weighted by Gasteiger charge is 2.26. The molecule has 1 aromatic rings. The van der Waals surface area contributed by atoms with Gasteiger partial charge in [0.25, 0.3) is 0 Å². The summed E-state index contributed by atoms with van der Waals surface area (Å²) in [4.78, 5) is 26.8. The van der Waals surface area contributed by atoms with Crippen molar-refractivity contribution in [1.82, 2.24) is 14.6 Å². The minimum absolute atomic E-state index is 0.0938. The van der Waals surface area contributed by atoms with Gasteiger partial charge in [-0.15, -0.1) is 0 Å². The third kappa shape index (κ3) is 3.90. The Kier molecular flexibility index (Phi) is 4.76. The Morgan fingerprint density at radius 2 is 2.05 bits per heavy atom. The van der Waals surface area contributed by atoms with Crippen LogP contribution < -0.4 is 10.3 Å². The van der Waals surface area contributed by atoms with Gasteiger partial charge in [-0.05, 0) is 13.0 Å². The van der Waals surface area contributed by atoms with Crippen molar-refractivity contribution in [2.45, 2.75) is 17.9 Å². The number of sulfonamides is 1. The maximum Gasteiger partial charge on any atom is 0.247 e. The Morgan fingerprint density at radius 1 is 1.38 bits per heavy atom. The average molecular weight is 315 g/mol. The molecule has 0 saturated carbocycles. The second-order valence-corrected chi connectivity index (χ2v) is 6.38. The number of pyridine rings is 1. The topological polar surface area (TPSA) is 109 Å². The summed E-state index contributed by atoms with van der Waals surface area (Å²) in [7, 11) is -3.86. The normalized spacial score (nSPS) is 17.5. The van der Waals surface area contributed by atoms with E-state index in [1.54, 1.807) is 4.90 Å². The first-order valence-electron chi connectivity index (χ1n) is 6.48. The van der Waals surface area contributed by atoms with E-state index >= 15 is 0 Å². The number of rotatable bonds is 4. The highest BCUT2D eigenvalue weighted by Crippen LogP contribution is 2.07. The molecule has 0 aliphatic carbocycles. The van der Waals surface area contributed by atoms with Gasteiger partial charge in [0, 0.05) is 25.4 Å². The molecule has 2 rings (SSSR count). The zero-order chi connectivity index (χ0) is 15.5. The molecule has 2 N–H and O–H groups in total. The third-order valence-corrected chi connectivity index (χ3v) is 4.63. The van der Waals surface area contributed by atoms with E-state index in [0.717, 1.165) is 12.3 Å². The fourth-order valence-corrected chi connectivity index (χ4v) is 3.14.